The van der Waals surface area contributed by atoms with Gasteiger partial charge in [0.1, 0.15) is 0 Å². The number of nitrogens with one attached hydrogen (secondary N) is 2. The molecule has 1 aliphatic carbocycles. The van der Waals surface area contributed by atoms with Gasteiger partial charge < -0.3 is 9.88 Å². The van der Waals surface area contributed by atoms with E-state index in [1.807, 2.05) is 23.6 Å². The average molecular weight is 388 g/mol. The molecule has 0 aliphatic heterocycles. The van der Waals surface area contributed by atoms with E-state index in [4.69, 9.17) is 0 Å². The van der Waals surface area contributed by atoms with Crippen LogP contribution in [0.4, 0.5) is 4.79 Å². The zero-order chi connectivity index (χ0) is 19.1. The van der Waals surface area contributed by atoms with Crippen LogP contribution in [0.1, 0.15) is 39.0 Å². The van der Waals surface area contributed by atoms with Gasteiger partial charge in [-0.3, -0.25) is 15.1 Å². The van der Waals surface area contributed by atoms with Crippen molar-refractivity contribution in [3.8, 4) is 11.4 Å². The smallest absolute Gasteiger partial charge is 0.321 e. The quantitative estimate of drug-likeness (QED) is 0.738. The molecule has 0 saturated heterocycles. The second-order valence-corrected chi connectivity index (χ2v) is 7.37. The lowest BCUT2D eigenvalue weighted by atomic mass is 9.96. The molecule has 2 aromatic rings. The Kier molecular flexibility index (Phi) is 6.80. The topological polar surface area (TPSA) is 102 Å². The summed E-state index contributed by atoms with van der Waals surface area (Å²) < 4.78 is 1.94. The van der Waals surface area contributed by atoms with Gasteiger partial charge in [0, 0.05) is 30.5 Å². The molecule has 0 spiro atoms. The first kappa shape index (κ1) is 19.3. The SMILES string of the molecule is CCn1c(SCC(=O)NC(=O)NC2CCCCC2)nnc1-c1ccncc1. The van der Waals surface area contributed by atoms with Crippen molar-refractivity contribution in [3.05, 3.63) is 24.5 Å². The van der Waals surface area contributed by atoms with E-state index in [9.17, 15) is 9.59 Å². The number of rotatable bonds is 6. The number of urea groups is 1. The molecule has 3 rings (SSSR count). The third-order valence-electron chi connectivity index (χ3n) is 4.50. The van der Waals surface area contributed by atoms with E-state index in [0.29, 0.717) is 11.7 Å². The minimum Gasteiger partial charge on any atom is -0.335 e. The maximum atomic E-state index is 12.1. The molecule has 8 nitrogen and oxygen atoms in total. The Morgan fingerprint density at radius 1 is 1.19 bits per heavy atom. The number of hydrogen-bond acceptors (Lipinski definition) is 6. The summed E-state index contributed by atoms with van der Waals surface area (Å²) in [4.78, 5) is 28.0. The first-order chi connectivity index (χ1) is 13.2. The summed E-state index contributed by atoms with van der Waals surface area (Å²) in [6.07, 6.45) is 8.84. The van der Waals surface area contributed by atoms with Crippen LogP contribution in [0.25, 0.3) is 11.4 Å². The highest BCUT2D eigenvalue weighted by Gasteiger charge is 2.18. The summed E-state index contributed by atoms with van der Waals surface area (Å²) >= 11 is 1.26. The van der Waals surface area contributed by atoms with Crippen LogP contribution in [0.15, 0.2) is 29.7 Å². The Hall–Kier alpha value is -2.42. The van der Waals surface area contributed by atoms with Gasteiger partial charge in [-0.15, -0.1) is 10.2 Å². The van der Waals surface area contributed by atoms with Gasteiger partial charge in [-0.05, 0) is 31.9 Å². The molecule has 0 radical (unpaired) electrons. The van der Waals surface area contributed by atoms with Crippen LogP contribution in [-0.4, -0.2) is 43.5 Å². The molecule has 27 heavy (non-hydrogen) atoms. The van der Waals surface area contributed by atoms with Crippen LogP contribution >= 0.6 is 11.8 Å². The van der Waals surface area contributed by atoms with Crippen molar-refractivity contribution in [2.24, 2.45) is 0 Å². The fraction of sp³-hybridized carbons (Fsp3) is 0.500. The van der Waals surface area contributed by atoms with Crippen molar-refractivity contribution in [1.29, 1.82) is 0 Å². The van der Waals surface area contributed by atoms with E-state index >= 15 is 0 Å². The summed E-state index contributed by atoms with van der Waals surface area (Å²) in [6, 6.07) is 3.49. The van der Waals surface area contributed by atoms with Crippen molar-refractivity contribution < 1.29 is 9.59 Å². The average Bonchev–Trinajstić information content (AvgIpc) is 3.10. The summed E-state index contributed by atoms with van der Waals surface area (Å²) in [7, 11) is 0. The lowest BCUT2D eigenvalue weighted by Gasteiger charge is -2.22. The molecule has 1 fully saturated rings. The summed E-state index contributed by atoms with van der Waals surface area (Å²) in [5, 5.41) is 14.3. The van der Waals surface area contributed by atoms with E-state index in [0.717, 1.165) is 37.1 Å². The third kappa shape index (κ3) is 5.29. The van der Waals surface area contributed by atoms with Gasteiger partial charge in [0.25, 0.3) is 0 Å². The maximum Gasteiger partial charge on any atom is 0.321 e. The first-order valence-electron chi connectivity index (χ1n) is 9.24. The van der Waals surface area contributed by atoms with Crippen molar-refractivity contribution in [1.82, 2.24) is 30.4 Å². The Morgan fingerprint density at radius 3 is 2.63 bits per heavy atom. The molecule has 0 aromatic carbocycles. The van der Waals surface area contributed by atoms with Crippen LogP contribution in [0.3, 0.4) is 0 Å². The molecular formula is C18H24N6O2S. The molecule has 0 bridgehead atoms. The number of nitrogens with zero attached hydrogens (tertiary/aromatic N) is 4. The Labute approximate surface area is 162 Å². The lowest BCUT2D eigenvalue weighted by molar-refractivity contribution is -0.117. The van der Waals surface area contributed by atoms with Gasteiger partial charge in [0.05, 0.1) is 5.75 Å². The molecule has 144 valence electrons. The summed E-state index contributed by atoms with van der Waals surface area (Å²) in [6.45, 7) is 2.67. The Balaban J connectivity index is 1.53. The van der Waals surface area contributed by atoms with Gasteiger partial charge in [0.15, 0.2) is 11.0 Å². The molecule has 2 N–H and O–H groups in total. The van der Waals surface area contributed by atoms with E-state index in [2.05, 4.69) is 25.8 Å². The molecule has 2 heterocycles. The lowest BCUT2D eigenvalue weighted by Crippen LogP contribution is -2.45. The van der Waals surface area contributed by atoms with Crippen molar-refractivity contribution in [2.45, 2.75) is 56.8 Å². The van der Waals surface area contributed by atoms with Crippen LogP contribution in [-0.2, 0) is 11.3 Å². The maximum absolute atomic E-state index is 12.1. The molecule has 0 unspecified atom stereocenters. The summed E-state index contributed by atoms with van der Waals surface area (Å²) in [5.41, 5.74) is 0.919. The highest BCUT2D eigenvalue weighted by Crippen LogP contribution is 2.23. The molecule has 0 atom stereocenters. The fourth-order valence-electron chi connectivity index (χ4n) is 3.16. The van der Waals surface area contributed by atoms with Crippen molar-refractivity contribution in [2.75, 3.05) is 5.75 Å². The Morgan fingerprint density at radius 2 is 1.93 bits per heavy atom. The molecule has 3 amide bonds. The van der Waals surface area contributed by atoms with Crippen molar-refractivity contribution in [3.63, 3.8) is 0 Å². The third-order valence-corrected chi connectivity index (χ3v) is 5.46. The fourth-order valence-corrected chi connectivity index (χ4v) is 3.96. The monoisotopic (exact) mass is 388 g/mol. The van der Waals surface area contributed by atoms with Crippen LogP contribution in [0.5, 0.6) is 0 Å². The van der Waals surface area contributed by atoms with E-state index < -0.39 is 6.03 Å². The van der Waals surface area contributed by atoms with Crippen LogP contribution in [0, 0.1) is 0 Å². The van der Waals surface area contributed by atoms with Gasteiger partial charge in [-0.25, -0.2) is 4.79 Å². The number of amides is 3. The number of aromatic nitrogens is 4. The first-order valence-corrected chi connectivity index (χ1v) is 10.2. The number of thioether (sulfide) groups is 1. The van der Waals surface area contributed by atoms with Crippen molar-refractivity contribution >= 4 is 23.7 Å². The second-order valence-electron chi connectivity index (χ2n) is 6.43. The second kappa shape index (κ2) is 9.50. The number of imide groups is 1. The van der Waals surface area contributed by atoms with Crippen LogP contribution in [0.2, 0.25) is 0 Å². The predicted molar refractivity (Wildman–Crippen MR) is 103 cm³/mol. The van der Waals surface area contributed by atoms with Gasteiger partial charge in [0.2, 0.25) is 5.91 Å². The highest BCUT2D eigenvalue weighted by atomic mass is 32.2. The molecule has 1 aliphatic rings. The Bertz CT molecular complexity index is 773. The zero-order valence-electron chi connectivity index (χ0n) is 15.4. The van der Waals surface area contributed by atoms with E-state index in [-0.39, 0.29) is 17.7 Å². The number of pyridine rings is 1. The van der Waals surface area contributed by atoms with E-state index in [1.54, 1.807) is 12.4 Å². The highest BCUT2D eigenvalue weighted by molar-refractivity contribution is 7.99. The molecule has 2 aromatic heterocycles. The van der Waals surface area contributed by atoms with Gasteiger partial charge in [-0.2, -0.15) is 0 Å². The largest absolute Gasteiger partial charge is 0.335 e. The van der Waals surface area contributed by atoms with E-state index in [1.165, 1.54) is 18.2 Å². The normalized spacial score (nSPS) is 14.7. The standard InChI is InChI=1S/C18H24N6O2S/c1-2-24-16(13-8-10-19-11-9-13)22-23-18(24)27-12-15(25)21-17(26)20-14-6-4-3-5-7-14/h8-11,14H,2-7,12H2,1H3,(H2,20,21,25,26). The molecular weight excluding hydrogens is 364 g/mol. The van der Waals surface area contributed by atoms with Gasteiger partial charge in [-0.1, -0.05) is 31.0 Å². The number of carbonyl (C=O) groups excluding carboxylic acids is 2. The van der Waals surface area contributed by atoms with Crippen LogP contribution < -0.4 is 10.6 Å². The van der Waals surface area contributed by atoms with Gasteiger partial charge >= 0.3 is 6.03 Å². The molecule has 9 heteroatoms. The number of carbonyl (C=O) groups is 2. The summed E-state index contributed by atoms with van der Waals surface area (Å²) in [5.74, 6) is 0.495. The zero-order valence-corrected chi connectivity index (χ0v) is 16.2. The molecule has 1 saturated carbocycles. The predicted octanol–water partition coefficient (Wildman–Crippen LogP) is 2.61. The minimum absolute atomic E-state index is 0.104. The number of hydrogen-bond donors (Lipinski definition) is 2. The minimum atomic E-state index is -0.415.